The van der Waals surface area contributed by atoms with Gasteiger partial charge in [0.05, 0.1) is 6.61 Å². The van der Waals surface area contributed by atoms with Crippen LogP contribution in [0.25, 0.3) is 0 Å². The van der Waals surface area contributed by atoms with E-state index in [-0.39, 0.29) is 12.5 Å². The van der Waals surface area contributed by atoms with E-state index in [1.54, 1.807) is 4.90 Å². The number of amides is 1. The van der Waals surface area contributed by atoms with Crippen molar-refractivity contribution in [3.8, 4) is 0 Å². The second kappa shape index (κ2) is 6.84. The topological polar surface area (TPSA) is 43.8 Å². The highest BCUT2D eigenvalue weighted by Crippen LogP contribution is 2.28. The van der Waals surface area contributed by atoms with E-state index in [0.717, 1.165) is 24.3 Å². The van der Waals surface area contributed by atoms with E-state index in [9.17, 15) is 9.90 Å². The molecular weight excluding hydrogens is 288 g/mol. The summed E-state index contributed by atoms with van der Waals surface area (Å²) >= 11 is 0. The predicted molar refractivity (Wildman–Crippen MR) is 92.8 cm³/mol. The Hall–Kier alpha value is -2.33. The largest absolute Gasteiger partial charge is 0.395 e. The van der Waals surface area contributed by atoms with Crippen molar-refractivity contribution < 1.29 is 9.90 Å². The van der Waals surface area contributed by atoms with Crippen molar-refractivity contribution in [1.82, 2.24) is 0 Å². The summed E-state index contributed by atoms with van der Waals surface area (Å²) in [5, 5.41) is 9.35. The van der Waals surface area contributed by atoms with Gasteiger partial charge in [-0.25, -0.2) is 0 Å². The van der Waals surface area contributed by atoms with E-state index < -0.39 is 0 Å². The number of fused-ring (bicyclic) bond motifs is 1. The summed E-state index contributed by atoms with van der Waals surface area (Å²) in [5.74, 6) is 0.177. The van der Waals surface area contributed by atoms with Crippen molar-refractivity contribution in [2.45, 2.75) is 19.4 Å². The van der Waals surface area contributed by atoms with Gasteiger partial charge >= 0.3 is 0 Å². The number of anilines is 2. The van der Waals surface area contributed by atoms with Crippen LogP contribution in [0.4, 0.5) is 11.4 Å². The molecule has 1 aliphatic heterocycles. The maximum atomic E-state index is 11.8. The van der Waals surface area contributed by atoms with E-state index in [0.29, 0.717) is 13.0 Å². The molecule has 0 spiro atoms. The minimum atomic E-state index is 0.122. The molecule has 0 radical (unpaired) electrons. The molecule has 0 atom stereocenters. The molecule has 4 nitrogen and oxygen atoms in total. The SMILES string of the molecule is CN1C(=O)CCc2cc(CN(CCO)c3ccccc3)ccc21. The van der Waals surface area contributed by atoms with Crippen LogP contribution in [0.15, 0.2) is 48.5 Å². The standard InChI is InChI=1S/C19H22N2O2/c1-20-18-9-7-15(13-16(18)8-10-19(20)23)14-21(11-12-22)17-5-3-2-4-6-17/h2-7,9,13,22H,8,10-12,14H2,1H3. The Kier molecular flexibility index (Phi) is 4.63. The average Bonchev–Trinajstić information content (AvgIpc) is 2.59. The number of nitrogens with zero attached hydrogens (tertiary/aromatic N) is 2. The van der Waals surface area contributed by atoms with Crippen molar-refractivity contribution in [3.63, 3.8) is 0 Å². The molecular formula is C19H22N2O2. The summed E-state index contributed by atoms with van der Waals surface area (Å²) in [6, 6.07) is 16.4. The molecule has 2 aromatic carbocycles. The molecule has 0 saturated heterocycles. The first-order valence-electron chi connectivity index (χ1n) is 7.98. The number of aliphatic hydroxyl groups is 1. The summed E-state index contributed by atoms with van der Waals surface area (Å²) in [6.45, 7) is 1.46. The van der Waals surface area contributed by atoms with Crippen molar-refractivity contribution in [3.05, 3.63) is 59.7 Å². The minimum Gasteiger partial charge on any atom is -0.395 e. The quantitative estimate of drug-likeness (QED) is 0.923. The predicted octanol–water partition coefficient (Wildman–Crippen LogP) is 2.59. The van der Waals surface area contributed by atoms with Crippen LogP contribution in [-0.4, -0.2) is 31.2 Å². The zero-order valence-electron chi connectivity index (χ0n) is 13.4. The molecule has 0 aliphatic carbocycles. The molecule has 23 heavy (non-hydrogen) atoms. The maximum Gasteiger partial charge on any atom is 0.227 e. The van der Waals surface area contributed by atoms with Gasteiger partial charge < -0.3 is 14.9 Å². The lowest BCUT2D eigenvalue weighted by Gasteiger charge is -2.28. The number of rotatable bonds is 5. The Morgan fingerprint density at radius 3 is 2.65 bits per heavy atom. The summed E-state index contributed by atoms with van der Waals surface area (Å²) in [4.78, 5) is 15.7. The van der Waals surface area contributed by atoms with Crippen LogP contribution in [0.2, 0.25) is 0 Å². The maximum absolute atomic E-state index is 11.8. The van der Waals surface area contributed by atoms with E-state index in [4.69, 9.17) is 0 Å². The molecule has 1 amide bonds. The van der Waals surface area contributed by atoms with Gasteiger partial charge in [-0.3, -0.25) is 4.79 Å². The van der Waals surface area contributed by atoms with Crippen LogP contribution in [0, 0.1) is 0 Å². The molecule has 1 aliphatic rings. The number of benzene rings is 2. The molecule has 0 unspecified atom stereocenters. The van der Waals surface area contributed by atoms with Gasteiger partial charge in [0.25, 0.3) is 0 Å². The number of hydrogen-bond donors (Lipinski definition) is 1. The second-order valence-corrected chi connectivity index (χ2v) is 5.90. The molecule has 0 bridgehead atoms. The number of para-hydroxylation sites is 1. The van der Waals surface area contributed by atoms with E-state index in [2.05, 4.69) is 29.2 Å². The molecule has 0 saturated carbocycles. The first-order chi connectivity index (χ1) is 11.2. The van der Waals surface area contributed by atoms with Crippen LogP contribution < -0.4 is 9.80 Å². The first-order valence-corrected chi connectivity index (χ1v) is 7.98. The van der Waals surface area contributed by atoms with Crippen molar-refractivity contribution >= 4 is 17.3 Å². The van der Waals surface area contributed by atoms with E-state index in [1.807, 2.05) is 31.3 Å². The molecule has 1 N–H and O–H groups in total. The Balaban J connectivity index is 1.83. The lowest BCUT2D eigenvalue weighted by Crippen LogP contribution is -2.31. The highest BCUT2D eigenvalue weighted by atomic mass is 16.3. The molecule has 1 heterocycles. The molecule has 0 fully saturated rings. The lowest BCUT2D eigenvalue weighted by molar-refractivity contribution is -0.118. The van der Waals surface area contributed by atoms with Gasteiger partial charge in [0.15, 0.2) is 0 Å². The summed E-state index contributed by atoms with van der Waals surface area (Å²) in [6.07, 6.45) is 1.38. The number of aliphatic hydroxyl groups excluding tert-OH is 1. The fourth-order valence-corrected chi connectivity index (χ4v) is 3.09. The van der Waals surface area contributed by atoms with Gasteiger partial charge in [0.1, 0.15) is 0 Å². The summed E-state index contributed by atoms with van der Waals surface area (Å²) in [5.41, 5.74) is 4.54. The average molecular weight is 310 g/mol. The lowest BCUT2D eigenvalue weighted by atomic mass is 9.99. The Morgan fingerprint density at radius 2 is 1.91 bits per heavy atom. The van der Waals surface area contributed by atoms with Gasteiger partial charge in [-0.2, -0.15) is 0 Å². The van der Waals surface area contributed by atoms with Gasteiger partial charge in [0.2, 0.25) is 5.91 Å². The van der Waals surface area contributed by atoms with Gasteiger partial charge in [0, 0.05) is 37.9 Å². The Bertz CT molecular complexity index is 685. The summed E-state index contributed by atoms with van der Waals surface area (Å²) < 4.78 is 0. The summed E-state index contributed by atoms with van der Waals surface area (Å²) in [7, 11) is 1.84. The van der Waals surface area contributed by atoms with Crippen LogP contribution in [0.1, 0.15) is 17.5 Å². The molecule has 120 valence electrons. The first kappa shape index (κ1) is 15.6. The van der Waals surface area contributed by atoms with Crippen LogP contribution in [0.3, 0.4) is 0 Å². The van der Waals surface area contributed by atoms with Crippen molar-refractivity contribution in [1.29, 1.82) is 0 Å². The van der Waals surface area contributed by atoms with Crippen LogP contribution >= 0.6 is 0 Å². The van der Waals surface area contributed by atoms with Gasteiger partial charge in [-0.05, 0) is 35.7 Å². The third-order valence-corrected chi connectivity index (χ3v) is 4.35. The van der Waals surface area contributed by atoms with Gasteiger partial charge in [-0.1, -0.05) is 30.3 Å². The minimum absolute atomic E-state index is 0.122. The fraction of sp³-hybridized carbons (Fsp3) is 0.316. The van der Waals surface area contributed by atoms with E-state index in [1.165, 1.54) is 11.1 Å². The van der Waals surface area contributed by atoms with Crippen molar-refractivity contribution in [2.75, 3.05) is 30.0 Å². The zero-order chi connectivity index (χ0) is 16.2. The zero-order valence-corrected chi connectivity index (χ0v) is 13.4. The highest BCUT2D eigenvalue weighted by Gasteiger charge is 2.21. The molecule has 2 aromatic rings. The number of carbonyl (C=O) groups excluding carboxylic acids is 1. The van der Waals surface area contributed by atoms with Crippen LogP contribution in [-0.2, 0) is 17.8 Å². The Morgan fingerprint density at radius 1 is 1.13 bits per heavy atom. The van der Waals surface area contributed by atoms with E-state index >= 15 is 0 Å². The smallest absolute Gasteiger partial charge is 0.227 e. The third-order valence-electron chi connectivity index (χ3n) is 4.35. The van der Waals surface area contributed by atoms with Crippen molar-refractivity contribution in [2.24, 2.45) is 0 Å². The number of aryl methyl sites for hydroxylation is 1. The highest BCUT2D eigenvalue weighted by molar-refractivity contribution is 5.95. The Labute approximate surface area is 137 Å². The normalized spacial score (nSPS) is 13.8. The molecule has 0 aromatic heterocycles. The molecule has 4 heteroatoms. The fourth-order valence-electron chi connectivity index (χ4n) is 3.09. The third kappa shape index (κ3) is 3.37. The van der Waals surface area contributed by atoms with Gasteiger partial charge in [-0.15, -0.1) is 0 Å². The number of carbonyl (C=O) groups is 1. The van der Waals surface area contributed by atoms with Crippen LogP contribution in [0.5, 0.6) is 0 Å². The number of hydrogen-bond acceptors (Lipinski definition) is 3. The second-order valence-electron chi connectivity index (χ2n) is 5.90. The monoisotopic (exact) mass is 310 g/mol. The molecule has 3 rings (SSSR count).